The molecule has 1 amide bonds. The van der Waals surface area contributed by atoms with Gasteiger partial charge in [0, 0.05) is 6.54 Å². The third kappa shape index (κ3) is 4.08. The maximum Gasteiger partial charge on any atom is 0.306 e. The number of hydrogen-bond acceptors (Lipinski definition) is 2. The van der Waals surface area contributed by atoms with Gasteiger partial charge < -0.3 is 10.4 Å². The van der Waals surface area contributed by atoms with Crippen LogP contribution in [0.5, 0.6) is 0 Å². The van der Waals surface area contributed by atoms with E-state index in [9.17, 15) is 14.7 Å². The van der Waals surface area contributed by atoms with Crippen LogP contribution in [0.3, 0.4) is 0 Å². The smallest absolute Gasteiger partial charge is 0.306 e. The van der Waals surface area contributed by atoms with Crippen molar-refractivity contribution in [2.24, 2.45) is 11.8 Å². The monoisotopic (exact) mass is 275 g/mol. The summed E-state index contributed by atoms with van der Waals surface area (Å²) in [6.07, 6.45) is 4.01. The quantitative estimate of drug-likeness (QED) is 0.866. The van der Waals surface area contributed by atoms with Crippen molar-refractivity contribution in [2.45, 2.75) is 32.1 Å². The van der Waals surface area contributed by atoms with Crippen LogP contribution in [0.1, 0.15) is 31.2 Å². The summed E-state index contributed by atoms with van der Waals surface area (Å²) in [4.78, 5) is 23.1. The molecule has 1 aromatic rings. The van der Waals surface area contributed by atoms with E-state index in [1.165, 1.54) is 0 Å². The highest BCUT2D eigenvalue weighted by molar-refractivity contribution is 5.78. The Morgan fingerprint density at radius 2 is 1.85 bits per heavy atom. The molecule has 4 nitrogen and oxygen atoms in total. The second-order valence-electron chi connectivity index (χ2n) is 5.46. The number of aliphatic carboxylic acids is 1. The first-order valence-electron chi connectivity index (χ1n) is 7.20. The van der Waals surface area contributed by atoms with E-state index in [1.54, 1.807) is 0 Å². The van der Waals surface area contributed by atoms with Crippen molar-refractivity contribution in [3.63, 3.8) is 0 Å². The number of carbonyl (C=O) groups excluding carboxylic acids is 1. The highest BCUT2D eigenvalue weighted by atomic mass is 16.4. The summed E-state index contributed by atoms with van der Waals surface area (Å²) in [6.45, 7) is 0.475. The van der Waals surface area contributed by atoms with Gasteiger partial charge in [-0.1, -0.05) is 43.2 Å². The minimum atomic E-state index is -0.730. The molecule has 2 N–H and O–H groups in total. The first-order valence-corrected chi connectivity index (χ1v) is 7.20. The first kappa shape index (κ1) is 14.6. The molecule has 0 aliphatic heterocycles. The number of amides is 1. The maximum absolute atomic E-state index is 11.9. The van der Waals surface area contributed by atoms with Crippen molar-refractivity contribution in [1.29, 1.82) is 0 Å². The number of carboxylic acids is 1. The van der Waals surface area contributed by atoms with E-state index in [1.807, 2.05) is 30.3 Å². The van der Waals surface area contributed by atoms with E-state index in [2.05, 4.69) is 5.32 Å². The summed E-state index contributed by atoms with van der Waals surface area (Å²) >= 11 is 0. The van der Waals surface area contributed by atoms with Crippen LogP contribution in [0.4, 0.5) is 0 Å². The highest BCUT2D eigenvalue weighted by Gasteiger charge is 2.30. The van der Waals surface area contributed by atoms with Crippen LogP contribution in [0, 0.1) is 11.8 Å². The van der Waals surface area contributed by atoms with Gasteiger partial charge in [-0.15, -0.1) is 0 Å². The molecule has 1 aliphatic rings. The Hall–Kier alpha value is -1.84. The number of hydrogen-bond donors (Lipinski definition) is 2. The minimum absolute atomic E-state index is 0.0362. The average molecular weight is 275 g/mol. The van der Waals surface area contributed by atoms with E-state index >= 15 is 0 Å². The Bertz CT molecular complexity index is 458. The number of benzene rings is 1. The molecule has 20 heavy (non-hydrogen) atoms. The largest absolute Gasteiger partial charge is 0.481 e. The zero-order valence-corrected chi connectivity index (χ0v) is 11.5. The van der Waals surface area contributed by atoms with Gasteiger partial charge in [-0.3, -0.25) is 9.59 Å². The number of nitrogens with one attached hydrogen (secondary N) is 1. The fourth-order valence-corrected chi connectivity index (χ4v) is 2.87. The fraction of sp³-hybridized carbons (Fsp3) is 0.500. The van der Waals surface area contributed by atoms with Crippen molar-refractivity contribution in [3.8, 4) is 0 Å². The summed E-state index contributed by atoms with van der Waals surface area (Å²) in [6, 6.07) is 9.57. The van der Waals surface area contributed by atoms with Crippen molar-refractivity contribution >= 4 is 11.9 Å². The number of carboxylic acid groups (broad SMARTS) is 1. The molecule has 0 saturated heterocycles. The van der Waals surface area contributed by atoms with Crippen LogP contribution in [-0.4, -0.2) is 23.5 Å². The van der Waals surface area contributed by atoms with Crippen LogP contribution < -0.4 is 5.32 Å². The van der Waals surface area contributed by atoms with Crippen LogP contribution in [0.15, 0.2) is 30.3 Å². The van der Waals surface area contributed by atoms with E-state index in [-0.39, 0.29) is 17.7 Å². The lowest BCUT2D eigenvalue weighted by Gasteiger charge is -2.28. The molecule has 4 heteroatoms. The molecule has 2 rings (SSSR count). The third-order valence-electron chi connectivity index (χ3n) is 4.00. The van der Waals surface area contributed by atoms with Gasteiger partial charge in [-0.2, -0.15) is 0 Å². The molecule has 1 saturated carbocycles. The van der Waals surface area contributed by atoms with Crippen LogP contribution >= 0.6 is 0 Å². The molecule has 0 bridgehead atoms. The molecule has 2 unspecified atom stereocenters. The zero-order chi connectivity index (χ0) is 14.4. The van der Waals surface area contributed by atoms with Gasteiger partial charge in [0.25, 0.3) is 0 Å². The molecule has 1 aromatic carbocycles. The normalized spacial score (nSPS) is 22.2. The summed E-state index contributed by atoms with van der Waals surface area (Å²) in [5.74, 6) is -1.00. The molecule has 1 fully saturated rings. The molecular weight excluding hydrogens is 254 g/mol. The van der Waals surface area contributed by atoms with Crippen molar-refractivity contribution < 1.29 is 14.7 Å². The Balaban J connectivity index is 1.81. The van der Waals surface area contributed by atoms with Crippen molar-refractivity contribution in [2.75, 3.05) is 6.54 Å². The number of carbonyl (C=O) groups is 2. The maximum atomic E-state index is 11.9. The summed E-state index contributed by atoms with van der Waals surface area (Å²) in [5.41, 5.74) is 0.975. The second-order valence-corrected chi connectivity index (χ2v) is 5.46. The molecule has 1 aliphatic carbocycles. The van der Waals surface area contributed by atoms with Gasteiger partial charge in [-0.25, -0.2) is 0 Å². The standard InChI is InChI=1S/C16H21NO3/c18-15(10-12-6-2-1-3-7-12)17-11-13-8-4-5-9-14(13)16(19)20/h1-3,6-7,13-14H,4-5,8-11H2,(H,17,18)(H,19,20). The summed E-state index contributed by atoms with van der Waals surface area (Å²) in [5, 5.41) is 12.1. The van der Waals surface area contributed by atoms with Crippen LogP contribution in [0.2, 0.25) is 0 Å². The first-order chi connectivity index (χ1) is 9.66. The molecule has 108 valence electrons. The molecule has 0 radical (unpaired) electrons. The lowest BCUT2D eigenvalue weighted by Crippen LogP contribution is -2.37. The molecule has 0 aromatic heterocycles. The predicted octanol–water partition coefficient (Wildman–Crippen LogP) is 2.24. The average Bonchev–Trinajstić information content (AvgIpc) is 2.46. The Morgan fingerprint density at radius 1 is 1.15 bits per heavy atom. The van der Waals surface area contributed by atoms with Crippen LogP contribution in [-0.2, 0) is 16.0 Å². The zero-order valence-electron chi connectivity index (χ0n) is 11.5. The van der Waals surface area contributed by atoms with Crippen molar-refractivity contribution in [1.82, 2.24) is 5.32 Å². The van der Waals surface area contributed by atoms with E-state index in [0.717, 1.165) is 31.2 Å². The molecular formula is C16H21NO3. The van der Waals surface area contributed by atoms with Gasteiger partial charge >= 0.3 is 5.97 Å². The van der Waals surface area contributed by atoms with Crippen LogP contribution in [0.25, 0.3) is 0 Å². The Kier molecular flexibility index (Phi) is 5.16. The molecule has 0 spiro atoms. The Morgan fingerprint density at radius 3 is 2.55 bits per heavy atom. The van der Waals surface area contributed by atoms with E-state index < -0.39 is 5.97 Å². The molecule has 2 atom stereocenters. The van der Waals surface area contributed by atoms with E-state index in [0.29, 0.717) is 13.0 Å². The summed E-state index contributed by atoms with van der Waals surface area (Å²) < 4.78 is 0. The SMILES string of the molecule is O=C(Cc1ccccc1)NCC1CCCCC1C(=O)O. The van der Waals surface area contributed by atoms with Crippen molar-refractivity contribution in [3.05, 3.63) is 35.9 Å². The predicted molar refractivity (Wildman–Crippen MR) is 76.2 cm³/mol. The molecule has 0 heterocycles. The lowest BCUT2D eigenvalue weighted by atomic mass is 9.79. The second kappa shape index (κ2) is 7.08. The topological polar surface area (TPSA) is 66.4 Å². The van der Waals surface area contributed by atoms with E-state index in [4.69, 9.17) is 0 Å². The lowest BCUT2D eigenvalue weighted by molar-refractivity contribution is -0.145. The van der Waals surface area contributed by atoms with Gasteiger partial charge in [0.1, 0.15) is 0 Å². The summed E-state index contributed by atoms with van der Waals surface area (Å²) in [7, 11) is 0. The van der Waals surface area contributed by atoms with Gasteiger partial charge in [0.15, 0.2) is 0 Å². The highest BCUT2D eigenvalue weighted by Crippen LogP contribution is 2.29. The Labute approximate surface area is 119 Å². The minimum Gasteiger partial charge on any atom is -0.481 e. The van der Waals surface area contributed by atoms with Gasteiger partial charge in [-0.05, 0) is 24.3 Å². The van der Waals surface area contributed by atoms with Gasteiger partial charge in [0.05, 0.1) is 12.3 Å². The third-order valence-corrected chi connectivity index (χ3v) is 4.00. The fourth-order valence-electron chi connectivity index (χ4n) is 2.87. The van der Waals surface area contributed by atoms with Gasteiger partial charge in [0.2, 0.25) is 5.91 Å². The number of rotatable bonds is 5.